The van der Waals surface area contributed by atoms with E-state index in [4.69, 9.17) is 23.2 Å². The minimum absolute atomic E-state index is 0.715. The lowest BCUT2D eigenvalue weighted by molar-refractivity contribution is 0.380. The van der Waals surface area contributed by atoms with Crippen molar-refractivity contribution >= 4 is 53.2 Å². The highest BCUT2D eigenvalue weighted by Crippen LogP contribution is 2.66. The van der Waals surface area contributed by atoms with E-state index in [2.05, 4.69) is 43.9 Å². The van der Waals surface area contributed by atoms with Crippen LogP contribution >= 0.6 is 46.7 Å². The SMILES string of the molecule is CC1CC2C3CC(C)SC3C([Si](C)(S)Cl)C2S1. The Bertz CT molecular complexity index is 295. The fourth-order valence-electron chi connectivity index (χ4n) is 4.21. The monoisotopic (exact) mass is 324 g/mol. The second kappa shape index (κ2) is 4.54. The van der Waals surface area contributed by atoms with E-state index in [1.54, 1.807) is 0 Å². The molecule has 0 aromatic rings. The summed E-state index contributed by atoms with van der Waals surface area (Å²) in [6.45, 7) is 5.20. The number of fused-ring (bicyclic) bond motifs is 3. The Balaban J connectivity index is 1.91. The van der Waals surface area contributed by atoms with Gasteiger partial charge in [0.05, 0.1) is 0 Å². The van der Waals surface area contributed by atoms with Crippen LogP contribution in [0.1, 0.15) is 26.7 Å². The first-order valence-corrected chi connectivity index (χ1v) is 13.4. The minimum atomic E-state index is -1.83. The van der Waals surface area contributed by atoms with Gasteiger partial charge >= 0.3 is 0 Å². The lowest BCUT2D eigenvalue weighted by Crippen LogP contribution is -2.33. The molecule has 3 rings (SSSR count). The molecule has 1 saturated carbocycles. The Kier molecular flexibility index (Phi) is 3.62. The van der Waals surface area contributed by atoms with E-state index >= 15 is 0 Å². The molecule has 98 valence electrons. The summed E-state index contributed by atoms with van der Waals surface area (Å²) in [6.07, 6.45) is 2.85. The van der Waals surface area contributed by atoms with Crippen LogP contribution in [0.15, 0.2) is 0 Å². The first kappa shape index (κ1) is 13.5. The second-order valence-electron chi connectivity index (χ2n) is 6.17. The van der Waals surface area contributed by atoms with Crippen molar-refractivity contribution in [3.8, 4) is 0 Å². The highest BCUT2D eigenvalue weighted by molar-refractivity contribution is 8.21. The van der Waals surface area contributed by atoms with Gasteiger partial charge in [-0.1, -0.05) is 13.8 Å². The van der Waals surface area contributed by atoms with Crippen LogP contribution in [0.3, 0.4) is 0 Å². The molecule has 0 aromatic carbocycles. The maximum absolute atomic E-state index is 6.74. The molecule has 0 amide bonds. The van der Waals surface area contributed by atoms with Gasteiger partial charge in [0.25, 0.3) is 0 Å². The summed E-state index contributed by atoms with van der Waals surface area (Å²) in [4.78, 5) is 0. The molecule has 7 unspecified atom stereocenters. The lowest BCUT2D eigenvalue weighted by Gasteiger charge is -2.31. The van der Waals surface area contributed by atoms with E-state index in [0.29, 0.717) is 5.54 Å². The van der Waals surface area contributed by atoms with Crippen LogP contribution in [0.5, 0.6) is 0 Å². The van der Waals surface area contributed by atoms with Gasteiger partial charge in [-0.3, -0.25) is 0 Å². The van der Waals surface area contributed by atoms with Crippen molar-refractivity contribution in [1.82, 2.24) is 0 Å². The van der Waals surface area contributed by atoms with Crippen LogP contribution in [0, 0.1) is 11.8 Å². The standard InChI is InChI=1S/C12H21ClS3Si/c1-6-4-8-9-5-7(2)16-11(9)12(10(8)15-6)17(3,13)14/h6-12,14H,4-5H2,1-3H3. The van der Waals surface area contributed by atoms with Crippen molar-refractivity contribution in [1.29, 1.82) is 0 Å². The van der Waals surface area contributed by atoms with E-state index in [0.717, 1.165) is 32.8 Å². The molecule has 0 N–H and O–H groups in total. The summed E-state index contributed by atoms with van der Waals surface area (Å²) in [7, 11) is 0. The molecule has 0 nitrogen and oxygen atoms in total. The van der Waals surface area contributed by atoms with Crippen molar-refractivity contribution in [2.75, 3.05) is 0 Å². The van der Waals surface area contributed by atoms with Gasteiger partial charge < -0.3 is 0 Å². The van der Waals surface area contributed by atoms with Crippen LogP contribution in [0.4, 0.5) is 0 Å². The maximum Gasteiger partial charge on any atom is 0.214 e. The lowest BCUT2D eigenvalue weighted by atomic mass is 9.89. The molecular weight excluding hydrogens is 304 g/mol. The van der Waals surface area contributed by atoms with Crippen molar-refractivity contribution in [2.24, 2.45) is 11.8 Å². The fourth-order valence-corrected chi connectivity index (χ4v) is 14.4. The van der Waals surface area contributed by atoms with Crippen LogP contribution in [-0.4, -0.2) is 27.5 Å². The van der Waals surface area contributed by atoms with E-state index < -0.39 is 6.53 Å². The van der Waals surface area contributed by atoms with Crippen molar-refractivity contribution in [2.45, 2.75) is 59.8 Å². The quantitative estimate of drug-likeness (QED) is 0.424. The Morgan fingerprint density at radius 1 is 1.06 bits per heavy atom. The molecule has 2 saturated heterocycles. The summed E-state index contributed by atoms with van der Waals surface area (Å²) >= 11 is 16.0. The first-order valence-electron chi connectivity index (χ1n) is 6.60. The molecule has 2 heterocycles. The topological polar surface area (TPSA) is 0 Å². The summed E-state index contributed by atoms with van der Waals surface area (Å²) in [5, 5.41) is 3.34. The van der Waals surface area contributed by atoms with Crippen molar-refractivity contribution < 1.29 is 0 Å². The van der Waals surface area contributed by atoms with Gasteiger partial charge in [-0.05, 0) is 31.2 Å². The first-order chi connectivity index (χ1) is 7.88. The number of thiol groups is 1. The molecular formula is C12H21ClS3Si. The molecule has 0 spiro atoms. The third-order valence-corrected chi connectivity index (χ3v) is 12.0. The summed E-state index contributed by atoms with van der Waals surface area (Å²) < 4.78 is 0. The third kappa shape index (κ3) is 2.24. The third-order valence-electron chi connectivity index (χ3n) is 4.70. The molecule has 3 aliphatic rings. The summed E-state index contributed by atoms with van der Waals surface area (Å²) in [5.41, 5.74) is 0.715. The number of thioether (sulfide) groups is 2. The molecule has 3 fully saturated rings. The van der Waals surface area contributed by atoms with E-state index in [1.807, 2.05) is 0 Å². The normalized spacial score (nSPS) is 56.6. The summed E-state index contributed by atoms with van der Waals surface area (Å²) in [6, 6.07) is 0. The Morgan fingerprint density at radius 3 is 1.82 bits per heavy atom. The molecule has 1 aliphatic carbocycles. The molecule has 0 aromatic heterocycles. The van der Waals surface area contributed by atoms with E-state index in [1.165, 1.54) is 12.8 Å². The number of hydrogen-bond donors (Lipinski definition) is 1. The Hall–Kier alpha value is 1.56. The average molecular weight is 325 g/mol. The predicted octanol–water partition coefficient (Wildman–Crippen LogP) is 4.63. The van der Waals surface area contributed by atoms with Gasteiger partial charge in [-0.15, -0.1) is 0 Å². The maximum atomic E-state index is 6.74. The molecule has 0 bridgehead atoms. The Labute approximate surface area is 124 Å². The zero-order chi connectivity index (χ0) is 12.4. The van der Waals surface area contributed by atoms with Crippen LogP contribution < -0.4 is 0 Å². The molecule has 17 heavy (non-hydrogen) atoms. The Morgan fingerprint density at radius 2 is 1.47 bits per heavy atom. The molecule has 7 atom stereocenters. The van der Waals surface area contributed by atoms with Crippen LogP contribution in [0.25, 0.3) is 0 Å². The highest BCUT2D eigenvalue weighted by Gasteiger charge is 2.61. The van der Waals surface area contributed by atoms with E-state index in [9.17, 15) is 0 Å². The number of halogens is 1. The van der Waals surface area contributed by atoms with Gasteiger partial charge in [0, 0.05) is 26.5 Å². The smallest absolute Gasteiger partial charge is 0.185 e. The predicted molar refractivity (Wildman–Crippen MR) is 88.1 cm³/mol. The molecule has 0 radical (unpaired) electrons. The van der Waals surface area contributed by atoms with Gasteiger partial charge in [0.2, 0.25) is 6.53 Å². The van der Waals surface area contributed by atoms with E-state index in [-0.39, 0.29) is 0 Å². The van der Waals surface area contributed by atoms with Crippen LogP contribution in [-0.2, 0) is 0 Å². The second-order valence-corrected chi connectivity index (χ2v) is 18.1. The zero-order valence-electron chi connectivity index (χ0n) is 10.6. The minimum Gasteiger partial charge on any atom is -0.185 e. The molecule has 2 aliphatic heterocycles. The van der Waals surface area contributed by atoms with Gasteiger partial charge in [0.15, 0.2) is 0 Å². The van der Waals surface area contributed by atoms with Gasteiger partial charge in [-0.2, -0.15) is 46.7 Å². The number of rotatable bonds is 1. The highest BCUT2D eigenvalue weighted by atomic mass is 35.6. The average Bonchev–Trinajstić information content (AvgIpc) is 2.73. The van der Waals surface area contributed by atoms with Crippen molar-refractivity contribution in [3.63, 3.8) is 0 Å². The van der Waals surface area contributed by atoms with Gasteiger partial charge in [0.1, 0.15) is 0 Å². The molecule has 5 heteroatoms. The van der Waals surface area contributed by atoms with Crippen LogP contribution in [0.2, 0.25) is 12.1 Å². The zero-order valence-corrected chi connectivity index (χ0v) is 14.9. The summed E-state index contributed by atoms with van der Waals surface area (Å²) in [5.74, 6) is 1.89. The fraction of sp³-hybridized carbons (Fsp3) is 1.00. The van der Waals surface area contributed by atoms with Gasteiger partial charge in [-0.25, -0.2) is 0 Å². The van der Waals surface area contributed by atoms with Crippen molar-refractivity contribution in [3.05, 3.63) is 0 Å². The largest absolute Gasteiger partial charge is 0.214 e. The number of hydrogen-bond acceptors (Lipinski definition) is 3.